The van der Waals surface area contributed by atoms with Gasteiger partial charge in [0.05, 0.1) is 6.61 Å². The first-order valence-corrected chi connectivity index (χ1v) is 17.3. The number of benzene rings is 1. The number of ether oxygens (including phenoxy) is 4. The molecule has 1 aromatic carbocycles. The lowest BCUT2D eigenvalue weighted by Crippen LogP contribution is -2.70. The zero-order valence-corrected chi connectivity index (χ0v) is 31.3. The predicted octanol–water partition coefficient (Wildman–Crippen LogP) is 11.6. The Kier molecular flexibility index (Phi) is 17.1. The van der Waals surface area contributed by atoms with Crippen LogP contribution in [0.5, 0.6) is 5.75 Å². The molecule has 0 fully saturated rings. The third kappa shape index (κ3) is 11.8. The molecule has 63 heavy (non-hydrogen) atoms. The van der Waals surface area contributed by atoms with Crippen LogP contribution < -0.4 is 4.74 Å². The molecule has 1 unspecified atom stereocenters. The minimum atomic E-state index is -8.63. The smallest absolute Gasteiger partial charge is 0.460 e. The molecular formula is C33H31F23N2O5. The van der Waals surface area contributed by atoms with E-state index < -0.39 is 92.1 Å². The summed E-state index contributed by atoms with van der Waals surface area (Å²) in [4.78, 5) is 8.16. The zero-order chi connectivity index (χ0) is 48.9. The Hall–Kier alpha value is -3.67. The van der Waals surface area contributed by atoms with Gasteiger partial charge in [-0.15, -0.1) is 0 Å². The zero-order valence-electron chi connectivity index (χ0n) is 31.3. The molecule has 364 valence electrons. The van der Waals surface area contributed by atoms with Gasteiger partial charge in [0.15, 0.2) is 5.82 Å². The number of aryl methyl sites for hydroxylation is 1. The minimum Gasteiger partial charge on any atom is -0.491 e. The SMILES string of the molecule is CCCCCCCCc1cc(-c2ncccn2)ccc1OCC(O)COCC(F)(F)C(F)(F)C(F)(F)C(F)(F)C(F)(F)OC(F)(F)C(F)(F)OC(F)(F)C(F)(F)C(F)(F)C(F)(F)F. The van der Waals surface area contributed by atoms with E-state index in [1.54, 1.807) is 6.07 Å². The normalized spacial score (nSPS) is 15.2. The Balaban J connectivity index is 2.20. The molecule has 0 aliphatic heterocycles. The number of rotatable bonds is 26. The van der Waals surface area contributed by atoms with Crippen molar-refractivity contribution in [2.45, 2.75) is 124 Å². The monoisotopic (exact) mass is 972 g/mol. The summed E-state index contributed by atoms with van der Waals surface area (Å²) in [6, 6.07) is 5.89. The molecule has 0 saturated heterocycles. The van der Waals surface area contributed by atoms with Crippen molar-refractivity contribution < 1.29 is 125 Å². The Morgan fingerprint density at radius 1 is 0.556 bits per heavy atom. The van der Waals surface area contributed by atoms with Gasteiger partial charge in [-0.2, -0.15) is 101 Å². The Bertz CT molecular complexity index is 1760. The van der Waals surface area contributed by atoms with Crippen molar-refractivity contribution >= 4 is 0 Å². The highest BCUT2D eigenvalue weighted by Crippen LogP contribution is 2.60. The molecule has 2 aromatic rings. The summed E-state index contributed by atoms with van der Waals surface area (Å²) >= 11 is 0. The van der Waals surface area contributed by atoms with Crippen molar-refractivity contribution in [3.63, 3.8) is 0 Å². The first kappa shape index (κ1) is 55.5. The lowest BCUT2D eigenvalue weighted by molar-refractivity contribution is -0.558. The van der Waals surface area contributed by atoms with Gasteiger partial charge >= 0.3 is 66.1 Å². The summed E-state index contributed by atoms with van der Waals surface area (Å²) < 4.78 is 323. The molecule has 0 amide bonds. The van der Waals surface area contributed by atoms with E-state index in [1.165, 1.54) is 35.3 Å². The van der Waals surface area contributed by atoms with Gasteiger partial charge in [-0.1, -0.05) is 39.0 Å². The van der Waals surface area contributed by atoms with Crippen LogP contribution in [0.3, 0.4) is 0 Å². The van der Waals surface area contributed by atoms with E-state index in [0.717, 1.165) is 36.8 Å². The number of halogens is 23. The van der Waals surface area contributed by atoms with Gasteiger partial charge in [-0.05, 0) is 42.7 Å². The molecule has 0 radical (unpaired) electrons. The van der Waals surface area contributed by atoms with Gasteiger partial charge in [0, 0.05) is 18.0 Å². The molecule has 1 atom stereocenters. The van der Waals surface area contributed by atoms with Crippen molar-refractivity contribution in [3.8, 4) is 17.1 Å². The second-order valence-electron chi connectivity index (χ2n) is 13.2. The molecule has 0 aliphatic rings. The van der Waals surface area contributed by atoms with Gasteiger partial charge in [-0.25, -0.2) is 19.4 Å². The largest absolute Gasteiger partial charge is 0.491 e. The summed E-state index contributed by atoms with van der Waals surface area (Å²) in [6.45, 7) is -3.81. The van der Waals surface area contributed by atoms with Gasteiger partial charge in [0.1, 0.15) is 25.1 Å². The molecule has 0 aliphatic carbocycles. The first-order valence-electron chi connectivity index (χ1n) is 17.3. The molecule has 7 nitrogen and oxygen atoms in total. The minimum absolute atomic E-state index is 0.0359. The van der Waals surface area contributed by atoms with Crippen LogP contribution in [-0.4, -0.2) is 107 Å². The molecule has 1 N–H and O–H groups in total. The highest BCUT2D eigenvalue weighted by Gasteiger charge is 2.89. The van der Waals surface area contributed by atoms with Crippen LogP contribution in [0.15, 0.2) is 36.7 Å². The topological polar surface area (TPSA) is 82.9 Å². The number of unbranched alkanes of at least 4 members (excludes halogenated alkanes) is 5. The Labute approximate surface area is 338 Å². The van der Waals surface area contributed by atoms with Crippen LogP contribution >= 0.6 is 0 Å². The molecule has 0 saturated carbocycles. The van der Waals surface area contributed by atoms with E-state index >= 15 is 0 Å². The van der Waals surface area contributed by atoms with E-state index in [9.17, 15) is 106 Å². The maximum Gasteiger partial charge on any atom is 0.460 e. The summed E-state index contributed by atoms with van der Waals surface area (Å²) in [5, 5.41) is 10.1. The number of nitrogens with zero attached hydrogens (tertiary/aromatic N) is 2. The molecule has 1 heterocycles. The standard InChI is InChI=1S/C33H31F23N2O5/c1-2-3-4-5-6-7-9-18-14-19(22-57-12-8-13-58-22)10-11-21(18)61-16-20(59)15-60-17-23(34,35)24(36,37)25(38,39)27(42,43)30(49,50)62-32(53,54)33(55,56)63-31(51,52)28(44,45)26(40,41)29(46,47)48/h8,10-14,20,59H,2-7,9,15-17H2,1H3. The molecular weight excluding hydrogens is 941 g/mol. The van der Waals surface area contributed by atoms with Crippen LogP contribution in [0.2, 0.25) is 0 Å². The van der Waals surface area contributed by atoms with E-state index in [1.807, 2.05) is 6.92 Å². The molecule has 2 rings (SSSR count). The number of hydrogen-bond donors (Lipinski definition) is 1. The summed E-state index contributed by atoms with van der Waals surface area (Å²) in [5.74, 6) is -48.2. The molecule has 0 spiro atoms. The number of aliphatic hydroxyl groups is 1. The predicted molar refractivity (Wildman–Crippen MR) is 165 cm³/mol. The fourth-order valence-electron chi connectivity index (χ4n) is 4.79. The highest BCUT2D eigenvalue weighted by molar-refractivity contribution is 5.58. The van der Waals surface area contributed by atoms with Crippen LogP contribution in [0.4, 0.5) is 101 Å². The van der Waals surface area contributed by atoms with E-state index in [0.29, 0.717) is 24.0 Å². The van der Waals surface area contributed by atoms with Crippen molar-refractivity contribution in [2.75, 3.05) is 19.8 Å². The van der Waals surface area contributed by atoms with Gasteiger partial charge in [0.2, 0.25) is 0 Å². The Morgan fingerprint density at radius 2 is 1.03 bits per heavy atom. The van der Waals surface area contributed by atoms with Crippen LogP contribution in [0, 0.1) is 0 Å². The van der Waals surface area contributed by atoms with Gasteiger partial charge in [0.25, 0.3) is 0 Å². The highest BCUT2D eigenvalue weighted by atomic mass is 19.4. The van der Waals surface area contributed by atoms with Gasteiger partial charge < -0.3 is 14.6 Å². The fraction of sp³-hybridized carbons (Fsp3) is 0.697. The van der Waals surface area contributed by atoms with Crippen LogP contribution in [0.25, 0.3) is 11.4 Å². The van der Waals surface area contributed by atoms with Crippen molar-refractivity contribution in [3.05, 3.63) is 42.2 Å². The summed E-state index contributed by atoms with van der Waals surface area (Å²) in [6.07, 6.45) is -35.1. The second-order valence-corrected chi connectivity index (χ2v) is 13.2. The van der Waals surface area contributed by atoms with Gasteiger partial charge in [-0.3, -0.25) is 0 Å². The summed E-state index contributed by atoms with van der Waals surface area (Å²) in [5.41, 5.74) is 0.950. The molecule has 0 bridgehead atoms. The molecule has 1 aromatic heterocycles. The van der Waals surface area contributed by atoms with Crippen LogP contribution in [-0.2, 0) is 20.6 Å². The first-order chi connectivity index (χ1) is 28.3. The quantitative estimate of drug-likeness (QED) is 0.0743. The Morgan fingerprint density at radius 3 is 1.52 bits per heavy atom. The number of aromatic nitrogens is 2. The fourth-order valence-corrected chi connectivity index (χ4v) is 4.79. The second kappa shape index (κ2) is 19.4. The van der Waals surface area contributed by atoms with E-state index in [-0.39, 0.29) is 11.6 Å². The maximum atomic E-state index is 14.3. The van der Waals surface area contributed by atoms with Crippen LogP contribution in [0.1, 0.15) is 51.0 Å². The number of aliphatic hydroxyl groups excluding tert-OH is 1. The van der Waals surface area contributed by atoms with Crippen molar-refractivity contribution in [1.82, 2.24) is 9.97 Å². The van der Waals surface area contributed by atoms with Crippen molar-refractivity contribution in [2.24, 2.45) is 0 Å². The number of hydrogen-bond acceptors (Lipinski definition) is 7. The lowest BCUT2D eigenvalue weighted by atomic mass is 9.98. The molecule has 30 heteroatoms. The summed E-state index contributed by atoms with van der Waals surface area (Å²) in [7, 11) is 0. The van der Waals surface area contributed by atoms with Crippen molar-refractivity contribution in [1.29, 1.82) is 0 Å². The van der Waals surface area contributed by atoms with E-state index in [2.05, 4.69) is 14.7 Å². The third-order valence-electron chi connectivity index (χ3n) is 8.29. The average Bonchev–Trinajstić information content (AvgIpc) is 3.14. The lowest BCUT2D eigenvalue weighted by Gasteiger charge is -2.40. The number of alkyl halides is 23. The van der Waals surface area contributed by atoms with E-state index in [4.69, 9.17) is 4.74 Å². The third-order valence-corrected chi connectivity index (χ3v) is 8.29. The average molecular weight is 973 g/mol. The maximum absolute atomic E-state index is 14.3.